The second-order valence-electron chi connectivity index (χ2n) is 6.23. The molecule has 0 bridgehead atoms. The highest BCUT2D eigenvalue weighted by molar-refractivity contribution is 6.32. The third-order valence-corrected chi connectivity index (χ3v) is 4.82. The maximum Gasteiger partial charge on any atom is 0.278 e. The Bertz CT molecular complexity index is 969. The van der Waals surface area contributed by atoms with Crippen molar-refractivity contribution in [3.8, 4) is 17.2 Å². The molecule has 2 aromatic rings. The molecule has 0 spiro atoms. The summed E-state index contributed by atoms with van der Waals surface area (Å²) in [5.41, 5.74) is 1.34. The number of para-hydroxylation sites is 1. The first-order valence-electron chi connectivity index (χ1n) is 8.57. The first kappa shape index (κ1) is 17.8. The fourth-order valence-electron chi connectivity index (χ4n) is 3.47. The standard InChI is InChI=1S/C20H18N2O6/c1-25-12-9-7-11(8-10-12)22-19(23)15-16(21-28-18(15)20(22)24)13-5-4-6-14(26-2)17(13)27-3/h4-10,15,18H,1-3H3/t15-,18+/m0/s1. The summed E-state index contributed by atoms with van der Waals surface area (Å²) in [6, 6.07) is 11.9. The van der Waals surface area contributed by atoms with Crippen molar-refractivity contribution in [3.05, 3.63) is 48.0 Å². The van der Waals surface area contributed by atoms with Crippen LogP contribution in [-0.4, -0.2) is 45.0 Å². The molecule has 0 N–H and O–H groups in total. The van der Waals surface area contributed by atoms with E-state index in [1.807, 2.05) is 0 Å². The van der Waals surface area contributed by atoms with Gasteiger partial charge in [0, 0.05) is 5.56 Å². The lowest BCUT2D eigenvalue weighted by atomic mass is 9.93. The number of methoxy groups -OCH3 is 3. The van der Waals surface area contributed by atoms with E-state index in [2.05, 4.69) is 5.16 Å². The summed E-state index contributed by atoms with van der Waals surface area (Å²) in [6.45, 7) is 0. The van der Waals surface area contributed by atoms with E-state index >= 15 is 0 Å². The Morgan fingerprint density at radius 2 is 1.68 bits per heavy atom. The van der Waals surface area contributed by atoms with E-state index < -0.39 is 23.8 Å². The number of amides is 2. The van der Waals surface area contributed by atoms with Gasteiger partial charge in [-0.05, 0) is 36.4 Å². The SMILES string of the molecule is COc1ccc(N2C(=O)[C@H]3C(c4cccc(OC)c4OC)=NO[C@H]3C2=O)cc1. The number of nitrogens with zero attached hydrogens (tertiary/aromatic N) is 2. The summed E-state index contributed by atoms with van der Waals surface area (Å²) < 4.78 is 15.9. The molecule has 2 amide bonds. The van der Waals surface area contributed by atoms with Crippen molar-refractivity contribution in [2.24, 2.45) is 11.1 Å². The lowest BCUT2D eigenvalue weighted by molar-refractivity contribution is -0.126. The lowest BCUT2D eigenvalue weighted by Gasteiger charge is -2.16. The van der Waals surface area contributed by atoms with Crippen molar-refractivity contribution >= 4 is 23.2 Å². The normalized spacial score (nSPS) is 20.5. The summed E-state index contributed by atoms with van der Waals surface area (Å²) in [4.78, 5) is 32.4. The molecule has 2 heterocycles. The molecule has 2 aliphatic rings. The predicted octanol–water partition coefficient (Wildman–Crippen LogP) is 2.00. The Kier molecular flexibility index (Phi) is 4.38. The maximum absolute atomic E-state index is 13.1. The number of hydrogen-bond acceptors (Lipinski definition) is 7. The van der Waals surface area contributed by atoms with Gasteiger partial charge in [0.05, 0.1) is 27.0 Å². The van der Waals surface area contributed by atoms with Crippen molar-refractivity contribution < 1.29 is 28.6 Å². The Morgan fingerprint density at radius 1 is 0.929 bits per heavy atom. The Hall–Kier alpha value is -3.55. The number of rotatable bonds is 5. The van der Waals surface area contributed by atoms with Gasteiger partial charge in [0.25, 0.3) is 5.91 Å². The van der Waals surface area contributed by atoms with Gasteiger partial charge < -0.3 is 19.0 Å². The van der Waals surface area contributed by atoms with Crippen LogP contribution in [0.15, 0.2) is 47.6 Å². The average Bonchev–Trinajstić information content (AvgIpc) is 3.27. The minimum atomic E-state index is -1.000. The smallest absolute Gasteiger partial charge is 0.278 e. The molecule has 8 nitrogen and oxygen atoms in total. The molecule has 0 aliphatic carbocycles. The first-order valence-corrected chi connectivity index (χ1v) is 8.57. The third kappa shape index (κ3) is 2.57. The number of benzene rings is 2. The van der Waals surface area contributed by atoms with Crippen LogP contribution < -0.4 is 19.1 Å². The van der Waals surface area contributed by atoms with Crippen molar-refractivity contribution in [3.63, 3.8) is 0 Å². The zero-order valence-corrected chi connectivity index (χ0v) is 15.5. The number of ether oxygens (including phenoxy) is 3. The fraction of sp³-hybridized carbons (Fsp3) is 0.250. The molecule has 2 atom stereocenters. The van der Waals surface area contributed by atoms with Crippen LogP contribution in [0, 0.1) is 5.92 Å². The molecular weight excluding hydrogens is 364 g/mol. The molecular formula is C20H18N2O6. The van der Waals surface area contributed by atoms with Crippen LogP contribution in [0.2, 0.25) is 0 Å². The van der Waals surface area contributed by atoms with Gasteiger partial charge in [-0.3, -0.25) is 9.59 Å². The van der Waals surface area contributed by atoms with Crippen LogP contribution in [0.4, 0.5) is 5.69 Å². The molecule has 0 aromatic heterocycles. The van der Waals surface area contributed by atoms with Crippen molar-refractivity contribution in [1.29, 1.82) is 0 Å². The second kappa shape index (κ2) is 6.88. The number of anilines is 1. The van der Waals surface area contributed by atoms with Crippen LogP contribution in [0.1, 0.15) is 5.56 Å². The zero-order valence-electron chi connectivity index (χ0n) is 15.5. The van der Waals surface area contributed by atoms with Gasteiger partial charge in [0.1, 0.15) is 17.4 Å². The zero-order chi connectivity index (χ0) is 19.8. The van der Waals surface area contributed by atoms with E-state index in [0.717, 1.165) is 4.90 Å². The van der Waals surface area contributed by atoms with Gasteiger partial charge in [-0.2, -0.15) is 0 Å². The van der Waals surface area contributed by atoms with E-state index in [-0.39, 0.29) is 0 Å². The fourth-order valence-corrected chi connectivity index (χ4v) is 3.47. The first-order chi connectivity index (χ1) is 13.6. The van der Waals surface area contributed by atoms with Gasteiger partial charge >= 0.3 is 0 Å². The molecule has 2 aromatic carbocycles. The predicted molar refractivity (Wildman–Crippen MR) is 99.9 cm³/mol. The van der Waals surface area contributed by atoms with E-state index in [4.69, 9.17) is 19.0 Å². The summed E-state index contributed by atoms with van der Waals surface area (Å²) in [5, 5.41) is 4.02. The minimum Gasteiger partial charge on any atom is -0.497 e. The highest BCUT2D eigenvalue weighted by atomic mass is 16.7. The Labute approximate surface area is 161 Å². The van der Waals surface area contributed by atoms with Crippen LogP contribution in [0.3, 0.4) is 0 Å². The molecule has 2 aliphatic heterocycles. The van der Waals surface area contributed by atoms with E-state index in [1.165, 1.54) is 14.2 Å². The second-order valence-corrected chi connectivity index (χ2v) is 6.23. The molecule has 1 saturated heterocycles. The highest BCUT2D eigenvalue weighted by Gasteiger charge is 2.56. The number of carbonyl (C=O) groups excluding carboxylic acids is 2. The van der Waals surface area contributed by atoms with E-state index in [9.17, 15) is 9.59 Å². The van der Waals surface area contributed by atoms with Crippen molar-refractivity contribution in [2.45, 2.75) is 6.10 Å². The highest BCUT2D eigenvalue weighted by Crippen LogP contribution is 2.39. The molecule has 4 rings (SSSR count). The molecule has 8 heteroatoms. The van der Waals surface area contributed by atoms with Gasteiger partial charge in [-0.1, -0.05) is 11.2 Å². The summed E-state index contributed by atoms with van der Waals surface area (Å²) in [7, 11) is 4.57. The van der Waals surface area contributed by atoms with Gasteiger partial charge in [-0.15, -0.1) is 0 Å². The Morgan fingerprint density at radius 3 is 2.32 bits per heavy atom. The number of hydrogen-bond donors (Lipinski definition) is 0. The van der Waals surface area contributed by atoms with Crippen LogP contribution in [-0.2, 0) is 14.4 Å². The molecule has 0 unspecified atom stereocenters. The lowest BCUT2D eigenvalue weighted by Crippen LogP contribution is -2.33. The molecule has 0 saturated carbocycles. The maximum atomic E-state index is 13.1. The molecule has 0 radical (unpaired) electrons. The van der Waals surface area contributed by atoms with Gasteiger partial charge in [-0.25, -0.2) is 4.90 Å². The minimum absolute atomic E-state index is 0.343. The number of oxime groups is 1. The summed E-state index contributed by atoms with van der Waals surface area (Å²) in [6.07, 6.45) is -1.000. The molecule has 28 heavy (non-hydrogen) atoms. The van der Waals surface area contributed by atoms with Gasteiger partial charge in [0.15, 0.2) is 11.5 Å². The van der Waals surface area contributed by atoms with E-state index in [1.54, 1.807) is 49.6 Å². The van der Waals surface area contributed by atoms with Crippen molar-refractivity contribution in [2.75, 3.05) is 26.2 Å². The van der Waals surface area contributed by atoms with Crippen LogP contribution in [0.25, 0.3) is 0 Å². The summed E-state index contributed by atoms with van der Waals surface area (Å²) >= 11 is 0. The van der Waals surface area contributed by atoms with Crippen LogP contribution in [0.5, 0.6) is 17.2 Å². The third-order valence-electron chi connectivity index (χ3n) is 4.82. The number of imide groups is 1. The number of carbonyl (C=O) groups is 2. The molecule has 144 valence electrons. The van der Waals surface area contributed by atoms with Crippen LogP contribution >= 0.6 is 0 Å². The summed E-state index contributed by atoms with van der Waals surface area (Å²) in [5.74, 6) is -0.161. The van der Waals surface area contributed by atoms with Gasteiger partial charge in [0.2, 0.25) is 12.0 Å². The van der Waals surface area contributed by atoms with Crippen molar-refractivity contribution in [1.82, 2.24) is 0 Å². The molecule has 1 fully saturated rings. The average molecular weight is 382 g/mol. The quantitative estimate of drug-likeness (QED) is 0.736. The monoisotopic (exact) mass is 382 g/mol. The Balaban J connectivity index is 1.71. The van der Waals surface area contributed by atoms with E-state index in [0.29, 0.717) is 34.2 Å². The largest absolute Gasteiger partial charge is 0.497 e. The topological polar surface area (TPSA) is 86.7 Å². The number of fused-ring (bicyclic) bond motifs is 1.